The fourth-order valence-electron chi connectivity index (χ4n) is 5.11. The molecule has 0 radical (unpaired) electrons. The van der Waals surface area contributed by atoms with E-state index in [1.807, 2.05) is 18.2 Å². The number of methoxy groups -OCH3 is 1. The Kier molecular flexibility index (Phi) is 8.13. The van der Waals surface area contributed by atoms with E-state index in [1.165, 1.54) is 32.1 Å². The third-order valence-electron chi connectivity index (χ3n) is 7.36. The molecule has 2 aliphatic heterocycles. The van der Waals surface area contributed by atoms with Gasteiger partial charge < -0.3 is 25.2 Å². The van der Waals surface area contributed by atoms with Crippen LogP contribution < -0.4 is 20.3 Å². The lowest BCUT2D eigenvalue weighted by atomic mass is 10.0. The zero-order valence-electron chi connectivity index (χ0n) is 21.8. The minimum atomic E-state index is 0.352. The number of anilines is 5. The predicted molar refractivity (Wildman–Crippen MR) is 152 cm³/mol. The van der Waals surface area contributed by atoms with E-state index in [4.69, 9.17) is 16.3 Å². The van der Waals surface area contributed by atoms with Crippen LogP contribution in [0.3, 0.4) is 0 Å². The molecule has 0 unspecified atom stereocenters. The highest BCUT2D eigenvalue weighted by Crippen LogP contribution is 2.34. The van der Waals surface area contributed by atoms with Gasteiger partial charge in [0, 0.05) is 57.1 Å². The number of aromatic nitrogens is 2. The lowest BCUT2D eigenvalue weighted by molar-refractivity contribution is 0.0982. The monoisotopic (exact) mass is 532 g/mol. The van der Waals surface area contributed by atoms with Gasteiger partial charge >= 0.3 is 0 Å². The van der Waals surface area contributed by atoms with E-state index in [2.05, 4.69) is 60.6 Å². The highest BCUT2D eigenvalue weighted by Gasteiger charge is 2.27. The minimum Gasteiger partial charge on any atom is -0.494 e. The van der Waals surface area contributed by atoms with Gasteiger partial charge in [-0.15, -0.1) is 0 Å². The zero-order valence-corrected chi connectivity index (χ0v) is 22.6. The molecule has 38 heavy (non-hydrogen) atoms. The molecule has 0 bridgehead atoms. The molecule has 198 valence electrons. The second-order valence-corrected chi connectivity index (χ2v) is 10.1. The van der Waals surface area contributed by atoms with Crippen LogP contribution in [-0.4, -0.2) is 79.2 Å². The maximum Gasteiger partial charge on any atom is 0.229 e. The van der Waals surface area contributed by atoms with Crippen molar-refractivity contribution in [2.45, 2.75) is 18.9 Å². The normalized spacial score (nSPS) is 17.2. The van der Waals surface area contributed by atoms with Crippen LogP contribution in [0.15, 0.2) is 48.7 Å². The molecule has 1 aromatic heterocycles. The van der Waals surface area contributed by atoms with Gasteiger partial charge in [-0.05, 0) is 44.2 Å². The van der Waals surface area contributed by atoms with Crippen molar-refractivity contribution >= 4 is 40.4 Å². The Morgan fingerprint density at radius 3 is 2.50 bits per heavy atom. The lowest BCUT2D eigenvalue weighted by Crippen LogP contribution is -2.52. The quantitative estimate of drug-likeness (QED) is 0.448. The molecule has 0 spiro atoms. The highest BCUT2D eigenvalue weighted by molar-refractivity contribution is 6.32. The molecule has 2 aromatic carbocycles. The number of benzene rings is 2. The first-order chi connectivity index (χ1) is 18.5. The van der Waals surface area contributed by atoms with Gasteiger partial charge in [0.1, 0.15) is 16.8 Å². The summed E-state index contributed by atoms with van der Waals surface area (Å²) in [6.07, 6.45) is 3.88. The Bertz CT molecular complexity index is 1300. The molecule has 0 saturated carbocycles. The summed E-state index contributed by atoms with van der Waals surface area (Å²) in [6.45, 7) is 6.73. The zero-order chi connectivity index (χ0) is 26.5. The first kappa shape index (κ1) is 26.0. The standard InChI is InChI=1S/C28H33ClN8O/c1-35-13-15-37(16-14-35)21-9-11-36(12-10-21)22-7-8-25(26(17-22)38-2)33-28-31-19-23(29)27(34-28)32-24-6-4-3-5-20(24)18-30/h3-8,17,19,21H,9-16H2,1-2H3,(H2,31,32,33,34). The van der Waals surface area contributed by atoms with Crippen LogP contribution in [0.1, 0.15) is 18.4 Å². The van der Waals surface area contributed by atoms with Gasteiger partial charge in [0.05, 0.1) is 30.2 Å². The Balaban J connectivity index is 1.26. The van der Waals surface area contributed by atoms with Crippen LogP contribution in [0.25, 0.3) is 0 Å². The van der Waals surface area contributed by atoms with Crippen molar-refractivity contribution < 1.29 is 4.74 Å². The Labute approximate surface area is 229 Å². The third kappa shape index (κ3) is 5.94. The number of piperidine rings is 1. The highest BCUT2D eigenvalue weighted by atomic mass is 35.5. The van der Waals surface area contributed by atoms with Crippen LogP contribution in [0.5, 0.6) is 5.75 Å². The SMILES string of the molecule is COc1cc(N2CCC(N3CCN(C)CC3)CC2)ccc1Nc1ncc(Cl)c(Nc2ccccc2C#N)n1. The number of rotatable bonds is 7. The van der Waals surface area contributed by atoms with Gasteiger partial charge in [-0.2, -0.15) is 10.2 Å². The molecule has 0 atom stereocenters. The molecule has 3 aromatic rings. The largest absolute Gasteiger partial charge is 0.494 e. The Morgan fingerprint density at radius 1 is 1.00 bits per heavy atom. The molecule has 3 heterocycles. The Hall–Kier alpha value is -3.58. The second kappa shape index (κ2) is 11.9. The number of nitrogens with one attached hydrogen (secondary N) is 2. The van der Waals surface area contributed by atoms with Gasteiger partial charge in [0.2, 0.25) is 5.95 Å². The number of nitriles is 1. The summed E-state index contributed by atoms with van der Waals surface area (Å²) in [5.41, 5.74) is 3.03. The summed E-state index contributed by atoms with van der Waals surface area (Å²) in [4.78, 5) is 16.4. The number of hydrogen-bond acceptors (Lipinski definition) is 9. The van der Waals surface area contributed by atoms with Crippen LogP contribution in [0.4, 0.5) is 28.8 Å². The van der Waals surface area contributed by atoms with Crippen molar-refractivity contribution in [1.29, 1.82) is 5.26 Å². The summed E-state index contributed by atoms with van der Waals surface area (Å²) in [6, 6.07) is 16.2. The van der Waals surface area contributed by atoms with Crippen molar-refractivity contribution in [2.75, 3.05) is 69.0 Å². The van der Waals surface area contributed by atoms with Crippen molar-refractivity contribution in [3.8, 4) is 11.8 Å². The second-order valence-electron chi connectivity index (χ2n) is 9.74. The van der Waals surface area contributed by atoms with Gasteiger partial charge in [-0.3, -0.25) is 4.90 Å². The fraction of sp³-hybridized carbons (Fsp3) is 0.393. The number of hydrogen-bond donors (Lipinski definition) is 2. The summed E-state index contributed by atoms with van der Waals surface area (Å²) < 4.78 is 5.72. The number of ether oxygens (including phenoxy) is 1. The predicted octanol–water partition coefficient (Wildman–Crippen LogP) is 4.71. The maximum atomic E-state index is 9.38. The number of piperazine rings is 1. The van der Waals surface area contributed by atoms with Crippen LogP contribution in [-0.2, 0) is 0 Å². The molecule has 2 N–H and O–H groups in total. The van der Waals surface area contributed by atoms with Crippen molar-refractivity contribution in [3.05, 3.63) is 59.2 Å². The molecule has 5 rings (SSSR count). The minimum absolute atomic E-state index is 0.352. The molecular formula is C28H33ClN8O. The first-order valence-electron chi connectivity index (χ1n) is 13.0. The molecule has 9 nitrogen and oxygen atoms in total. The summed E-state index contributed by atoms with van der Waals surface area (Å²) in [7, 11) is 3.87. The molecule has 2 aliphatic rings. The van der Waals surface area contributed by atoms with Gasteiger partial charge in [-0.1, -0.05) is 23.7 Å². The third-order valence-corrected chi connectivity index (χ3v) is 7.64. The Morgan fingerprint density at radius 2 is 1.76 bits per heavy atom. The molecule has 2 fully saturated rings. The van der Waals surface area contributed by atoms with E-state index in [-0.39, 0.29) is 0 Å². The summed E-state index contributed by atoms with van der Waals surface area (Å²) in [5, 5.41) is 16.1. The molecule has 0 aliphatic carbocycles. The summed E-state index contributed by atoms with van der Waals surface area (Å²) in [5.74, 6) is 1.49. The topological polar surface area (TPSA) is 92.6 Å². The van der Waals surface area contributed by atoms with Gasteiger partial charge in [0.25, 0.3) is 0 Å². The van der Waals surface area contributed by atoms with Crippen molar-refractivity contribution in [2.24, 2.45) is 0 Å². The number of para-hydroxylation sites is 1. The van der Waals surface area contributed by atoms with Crippen molar-refractivity contribution in [3.63, 3.8) is 0 Å². The number of halogens is 1. The van der Waals surface area contributed by atoms with Crippen molar-refractivity contribution in [1.82, 2.24) is 19.8 Å². The fourth-order valence-corrected chi connectivity index (χ4v) is 5.25. The average molecular weight is 533 g/mol. The van der Waals surface area contributed by atoms with Crippen LogP contribution in [0, 0.1) is 11.3 Å². The maximum absolute atomic E-state index is 9.38. The molecular weight excluding hydrogens is 500 g/mol. The first-order valence-corrected chi connectivity index (χ1v) is 13.3. The number of likely N-dealkylation sites (N-methyl/N-ethyl adjacent to an activating group) is 1. The van der Waals surface area contributed by atoms with Gasteiger partial charge in [0.15, 0.2) is 5.82 Å². The van der Waals surface area contributed by atoms with E-state index in [0.717, 1.165) is 37.6 Å². The average Bonchev–Trinajstić information content (AvgIpc) is 2.96. The van der Waals surface area contributed by atoms with E-state index in [1.54, 1.807) is 19.2 Å². The van der Waals surface area contributed by atoms with Crippen LogP contribution in [0.2, 0.25) is 5.02 Å². The van der Waals surface area contributed by atoms with E-state index < -0.39 is 0 Å². The van der Waals surface area contributed by atoms with E-state index in [9.17, 15) is 5.26 Å². The smallest absolute Gasteiger partial charge is 0.229 e. The molecule has 0 amide bonds. The molecule has 2 saturated heterocycles. The molecule has 10 heteroatoms. The number of nitrogens with zero attached hydrogens (tertiary/aromatic N) is 6. The van der Waals surface area contributed by atoms with E-state index in [0.29, 0.717) is 39.8 Å². The lowest BCUT2D eigenvalue weighted by Gasteiger charge is -2.42. The van der Waals surface area contributed by atoms with Crippen LogP contribution >= 0.6 is 11.6 Å². The van der Waals surface area contributed by atoms with Gasteiger partial charge in [-0.25, -0.2) is 4.98 Å². The van der Waals surface area contributed by atoms with E-state index >= 15 is 0 Å². The summed E-state index contributed by atoms with van der Waals surface area (Å²) >= 11 is 6.34.